The van der Waals surface area contributed by atoms with Crippen molar-refractivity contribution < 1.29 is 14.3 Å². The number of fused-ring (bicyclic) bond motifs is 1. The molecule has 0 saturated carbocycles. The Balaban J connectivity index is 1.85. The second-order valence-electron chi connectivity index (χ2n) is 4.48. The molecule has 98 valence electrons. The molecule has 0 bridgehead atoms. The Morgan fingerprint density at radius 1 is 1.33 bits per heavy atom. The van der Waals surface area contributed by atoms with Gasteiger partial charge in [0.15, 0.2) is 11.5 Å². The fraction of sp³-hybridized carbons (Fsp3) is 0.462. The number of rotatable bonds is 5. The molecule has 1 aromatic rings. The van der Waals surface area contributed by atoms with E-state index in [0.717, 1.165) is 13.0 Å². The highest BCUT2D eigenvalue weighted by molar-refractivity contribution is 5.94. The standard InChI is InChI=1S/C13H18N2O3/c1-15(2)7-3-6-14-13(16)10-4-5-11-12(8-10)18-9-17-11/h4-5,8H,3,6-7,9H2,1-2H3,(H,14,16). The molecule has 0 aliphatic carbocycles. The second-order valence-corrected chi connectivity index (χ2v) is 4.48. The first-order chi connectivity index (χ1) is 8.66. The zero-order chi connectivity index (χ0) is 13.0. The van der Waals surface area contributed by atoms with Gasteiger partial charge in [0, 0.05) is 12.1 Å². The number of carbonyl (C=O) groups excluding carboxylic acids is 1. The summed E-state index contributed by atoms with van der Waals surface area (Å²) in [5, 5.41) is 2.88. The van der Waals surface area contributed by atoms with Gasteiger partial charge in [-0.1, -0.05) is 0 Å². The summed E-state index contributed by atoms with van der Waals surface area (Å²) in [5.74, 6) is 1.25. The largest absolute Gasteiger partial charge is 0.454 e. The van der Waals surface area contributed by atoms with Gasteiger partial charge < -0.3 is 19.7 Å². The van der Waals surface area contributed by atoms with Crippen LogP contribution >= 0.6 is 0 Å². The van der Waals surface area contributed by atoms with Crippen LogP contribution in [0.1, 0.15) is 16.8 Å². The van der Waals surface area contributed by atoms with E-state index in [1.807, 2.05) is 14.1 Å². The Morgan fingerprint density at radius 3 is 2.89 bits per heavy atom. The Hall–Kier alpha value is -1.75. The highest BCUT2D eigenvalue weighted by Gasteiger charge is 2.15. The molecular weight excluding hydrogens is 232 g/mol. The maximum atomic E-state index is 11.9. The zero-order valence-electron chi connectivity index (χ0n) is 10.7. The summed E-state index contributed by atoms with van der Waals surface area (Å²) in [6, 6.07) is 5.22. The van der Waals surface area contributed by atoms with Crippen LogP contribution in [0.25, 0.3) is 0 Å². The third-order valence-electron chi connectivity index (χ3n) is 2.70. The van der Waals surface area contributed by atoms with Crippen LogP contribution in [0.5, 0.6) is 11.5 Å². The first kappa shape index (κ1) is 12.7. The molecule has 1 aromatic carbocycles. The second kappa shape index (κ2) is 5.73. The van der Waals surface area contributed by atoms with Crippen LogP contribution in [-0.2, 0) is 0 Å². The van der Waals surface area contributed by atoms with Crippen LogP contribution in [0.2, 0.25) is 0 Å². The van der Waals surface area contributed by atoms with Crippen LogP contribution in [0, 0.1) is 0 Å². The molecule has 0 aromatic heterocycles. The normalized spacial score (nSPS) is 12.8. The van der Waals surface area contributed by atoms with Crippen molar-refractivity contribution in [3.8, 4) is 11.5 Å². The van der Waals surface area contributed by atoms with E-state index < -0.39 is 0 Å². The van der Waals surface area contributed by atoms with E-state index in [1.165, 1.54) is 0 Å². The topological polar surface area (TPSA) is 50.8 Å². The summed E-state index contributed by atoms with van der Waals surface area (Å²) in [5.41, 5.74) is 0.601. The van der Waals surface area contributed by atoms with E-state index in [9.17, 15) is 4.79 Å². The number of amides is 1. The average Bonchev–Trinajstić information content (AvgIpc) is 2.81. The fourth-order valence-corrected chi connectivity index (χ4v) is 1.74. The molecule has 1 heterocycles. The van der Waals surface area contributed by atoms with Crippen molar-refractivity contribution in [1.82, 2.24) is 10.2 Å². The van der Waals surface area contributed by atoms with Crippen molar-refractivity contribution >= 4 is 5.91 Å². The summed E-state index contributed by atoms with van der Waals surface area (Å²) in [7, 11) is 4.03. The number of ether oxygens (including phenoxy) is 2. The third-order valence-corrected chi connectivity index (χ3v) is 2.70. The number of hydrogen-bond acceptors (Lipinski definition) is 4. The first-order valence-electron chi connectivity index (χ1n) is 5.99. The zero-order valence-corrected chi connectivity index (χ0v) is 10.7. The number of nitrogens with zero attached hydrogens (tertiary/aromatic N) is 1. The van der Waals surface area contributed by atoms with Gasteiger partial charge in [-0.05, 0) is 45.3 Å². The van der Waals surface area contributed by atoms with Gasteiger partial charge in [0.2, 0.25) is 6.79 Å². The van der Waals surface area contributed by atoms with Gasteiger partial charge in [0.05, 0.1) is 0 Å². The van der Waals surface area contributed by atoms with Crippen molar-refractivity contribution in [1.29, 1.82) is 0 Å². The lowest BCUT2D eigenvalue weighted by molar-refractivity contribution is 0.0952. The predicted molar refractivity (Wildman–Crippen MR) is 68.1 cm³/mol. The predicted octanol–water partition coefficient (Wildman–Crippen LogP) is 1.10. The van der Waals surface area contributed by atoms with E-state index in [-0.39, 0.29) is 12.7 Å². The van der Waals surface area contributed by atoms with Gasteiger partial charge in [-0.15, -0.1) is 0 Å². The number of hydrogen-bond donors (Lipinski definition) is 1. The maximum absolute atomic E-state index is 11.9. The van der Waals surface area contributed by atoms with Crippen LogP contribution in [0.3, 0.4) is 0 Å². The van der Waals surface area contributed by atoms with E-state index in [1.54, 1.807) is 18.2 Å². The SMILES string of the molecule is CN(C)CCCNC(=O)c1ccc2c(c1)OCO2. The van der Waals surface area contributed by atoms with E-state index >= 15 is 0 Å². The van der Waals surface area contributed by atoms with Gasteiger partial charge in [0.25, 0.3) is 5.91 Å². The van der Waals surface area contributed by atoms with Gasteiger partial charge in [0.1, 0.15) is 0 Å². The maximum Gasteiger partial charge on any atom is 0.251 e. The van der Waals surface area contributed by atoms with Crippen molar-refractivity contribution in [3.63, 3.8) is 0 Å². The van der Waals surface area contributed by atoms with E-state index in [0.29, 0.717) is 23.6 Å². The molecule has 0 radical (unpaired) electrons. The molecule has 1 aliphatic rings. The monoisotopic (exact) mass is 250 g/mol. The first-order valence-corrected chi connectivity index (χ1v) is 5.99. The lowest BCUT2D eigenvalue weighted by Gasteiger charge is -2.10. The third kappa shape index (κ3) is 3.13. The van der Waals surface area contributed by atoms with Gasteiger partial charge in [-0.3, -0.25) is 4.79 Å². The molecule has 0 unspecified atom stereocenters. The summed E-state index contributed by atoms with van der Waals surface area (Å²) >= 11 is 0. The molecule has 5 heteroatoms. The molecule has 2 rings (SSSR count). The molecule has 1 N–H and O–H groups in total. The van der Waals surface area contributed by atoms with Crippen LogP contribution in [0.15, 0.2) is 18.2 Å². The summed E-state index contributed by atoms with van der Waals surface area (Å²) in [6.45, 7) is 1.86. The summed E-state index contributed by atoms with van der Waals surface area (Å²) in [6.07, 6.45) is 0.934. The molecule has 1 amide bonds. The van der Waals surface area contributed by atoms with Crippen molar-refractivity contribution in [2.45, 2.75) is 6.42 Å². The fourth-order valence-electron chi connectivity index (χ4n) is 1.74. The lowest BCUT2D eigenvalue weighted by atomic mass is 10.2. The highest BCUT2D eigenvalue weighted by Crippen LogP contribution is 2.32. The molecular formula is C13H18N2O3. The Kier molecular flexibility index (Phi) is 4.04. The van der Waals surface area contributed by atoms with Crippen LogP contribution in [-0.4, -0.2) is 44.8 Å². The Labute approximate surface area is 107 Å². The highest BCUT2D eigenvalue weighted by atomic mass is 16.7. The minimum Gasteiger partial charge on any atom is -0.454 e. The molecule has 5 nitrogen and oxygen atoms in total. The molecule has 0 atom stereocenters. The molecule has 0 spiro atoms. The Bertz CT molecular complexity index is 432. The summed E-state index contributed by atoms with van der Waals surface area (Å²) in [4.78, 5) is 14.0. The van der Waals surface area contributed by atoms with Gasteiger partial charge >= 0.3 is 0 Å². The minimum atomic E-state index is -0.0768. The van der Waals surface area contributed by atoms with Crippen LogP contribution in [0.4, 0.5) is 0 Å². The molecule has 1 aliphatic heterocycles. The molecule has 18 heavy (non-hydrogen) atoms. The summed E-state index contributed by atoms with van der Waals surface area (Å²) < 4.78 is 10.4. The molecule has 0 fully saturated rings. The van der Waals surface area contributed by atoms with Crippen LogP contribution < -0.4 is 14.8 Å². The quantitative estimate of drug-likeness (QED) is 0.795. The smallest absolute Gasteiger partial charge is 0.251 e. The van der Waals surface area contributed by atoms with Crippen molar-refractivity contribution in [2.75, 3.05) is 34.0 Å². The molecule has 0 saturated heterocycles. The van der Waals surface area contributed by atoms with Gasteiger partial charge in [-0.2, -0.15) is 0 Å². The van der Waals surface area contributed by atoms with Crippen molar-refractivity contribution in [3.05, 3.63) is 23.8 Å². The average molecular weight is 250 g/mol. The van der Waals surface area contributed by atoms with Gasteiger partial charge in [-0.25, -0.2) is 0 Å². The number of benzene rings is 1. The lowest BCUT2D eigenvalue weighted by Crippen LogP contribution is -2.27. The number of nitrogens with one attached hydrogen (secondary N) is 1. The van der Waals surface area contributed by atoms with Crippen molar-refractivity contribution in [2.24, 2.45) is 0 Å². The Morgan fingerprint density at radius 2 is 2.11 bits per heavy atom. The minimum absolute atomic E-state index is 0.0768. The van der Waals surface area contributed by atoms with E-state index in [4.69, 9.17) is 9.47 Å². The van der Waals surface area contributed by atoms with E-state index in [2.05, 4.69) is 10.2 Å². The number of carbonyl (C=O) groups is 1.